The van der Waals surface area contributed by atoms with Gasteiger partial charge >= 0.3 is 5.97 Å². The Morgan fingerprint density at radius 2 is 2.13 bits per heavy atom. The van der Waals surface area contributed by atoms with Crippen LogP contribution in [-0.2, 0) is 14.3 Å². The highest BCUT2D eigenvalue weighted by Crippen LogP contribution is 2.13. The van der Waals surface area contributed by atoms with Crippen LogP contribution in [-0.4, -0.2) is 35.7 Å². The SMILES string of the molecule is CC(C)[C@H](NC(=O)[C@H]1CCCO1)C(=O)O. The molecule has 0 saturated carbocycles. The van der Waals surface area contributed by atoms with E-state index >= 15 is 0 Å². The highest BCUT2D eigenvalue weighted by molar-refractivity contribution is 5.86. The molecular formula is C10H17NO4. The largest absolute Gasteiger partial charge is 0.480 e. The number of rotatable bonds is 4. The summed E-state index contributed by atoms with van der Waals surface area (Å²) in [5.74, 6) is -1.45. The quantitative estimate of drug-likeness (QED) is 0.711. The predicted molar refractivity (Wildman–Crippen MR) is 53.4 cm³/mol. The van der Waals surface area contributed by atoms with Crippen LogP contribution in [0.15, 0.2) is 0 Å². The second kappa shape index (κ2) is 5.11. The smallest absolute Gasteiger partial charge is 0.326 e. The molecule has 1 heterocycles. The predicted octanol–water partition coefficient (Wildman–Crippen LogP) is 0.391. The summed E-state index contributed by atoms with van der Waals surface area (Å²) in [4.78, 5) is 22.4. The third-order valence-corrected chi connectivity index (χ3v) is 2.45. The van der Waals surface area contributed by atoms with Gasteiger partial charge in [-0.3, -0.25) is 4.79 Å². The number of carbonyl (C=O) groups is 2. The zero-order valence-electron chi connectivity index (χ0n) is 9.03. The van der Waals surface area contributed by atoms with Gasteiger partial charge in [0.2, 0.25) is 5.91 Å². The minimum absolute atomic E-state index is 0.132. The van der Waals surface area contributed by atoms with E-state index in [1.54, 1.807) is 13.8 Å². The average molecular weight is 215 g/mol. The van der Waals surface area contributed by atoms with Crippen molar-refractivity contribution in [2.45, 2.75) is 38.8 Å². The number of hydrogen-bond donors (Lipinski definition) is 2. The van der Waals surface area contributed by atoms with Crippen LogP contribution in [0.25, 0.3) is 0 Å². The van der Waals surface area contributed by atoms with Gasteiger partial charge in [0.05, 0.1) is 0 Å². The molecule has 15 heavy (non-hydrogen) atoms. The number of amides is 1. The number of carbonyl (C=O) groups excluding carboxylic acids is 1. The van der Waals surface area contributed by atoms with Crippen LogP contribution in [0, 0.1) is 5.92 Å². The maximum atomic E-state index is 11.6. The number of carboxylic acid groups (broad SMARTS) is 1. The van der Waals surface area contributed by atoms with Gasteiger partial charge in [-0.15, -0.1) is 0 Å². The maximum Gasteiger partial charge on any atom is 0.326 e. The van der Waals surface area contributed by atoms with E-state index in [1.165, 1.54) is 0 Å². The van der Waals surface area contributed by atoms with E-state index < -0.39 is 18.1 Å². The van der Waals surface area contributed by atoms with Crippen LogP contribution in [0.2, 0.25) is 0 Å². The standard InChI is InChI=1S/C10H17NO4/c1-6(2)8(10(13)14)11-9(12)7-4-3-5-15-7/h6-8H,3-5H2,1-2H3,(H,11,12)(H,13,14)/t7-,8+/m1/s1. The fraction of sp³-hybridized carbons (Fsp3) is 0.800. The first-order valence-electron chi connectivity index (χ1n) is 5.17. The number of nitrogens with one attached hydrogen (secondary N) is 1. The van der Waals surface area contributed by atoms with E-state index in [2.05, 4.69) is 5.32 Å². The molecule has 1 amide bonds. The van der Waals surface area contributed by atoms with Gasteiger partial charge in [0.15, 0.2) is 0 Å². The Bertz CT molecular complexity index is 246. The van der Waals surface area contributed by atoms with Crippen molar-refractivity contribution in [2.24, 2.45) is 5.92 Å². The van der Waals surface area contributed by atoms with Crippen LogP contribution in [0.4, 0.5) is 0 Å². The molecule has 2 N–H and O–H groups in total. The normalized spacial score (nSPS) is 22.7. The van der Waals surface area contributed by atoms with Crippen molar-refractivity contribution in [3.8, 4) is 0 Å². The Labute approximate surface area is 88.8 Å². The second-order valence-electron chi connectivity index (χ2n) is 4.07. The monoisotopic (exact) mass is 215 g/mol. The van der Waals surface area contributed by atoms with Gasteiger partial charge < -0.3 is 15.2 Å². The summed E-state index contributed by atoms with van der Waals surface area (Å²) in [5, 5.41) is 11.4. The van der Waals surface area contributed by atoms with Crippen molar-refractivity contribution in [2.75, 3.05) is 6.61 Å². The molecule has 0 radical (unpaired) electrons. The Balaban J connectivity index is 2.50. The molecule has 0 unspecified atom stereocenters. The first kappa shape index (κ1) is 12.0. The zero-order chi connectivity index (χ0) is 11.4. The Morgan fingerprint density at radius 1 is 1.47 bits per heavy atom. The zero-order valence-corrected chi connectivity index (χ0v) is 9.03. The number of hydrogen-bond acceptors (Lipinski definition) is 3. The molecule has 0 aromatic carbocycles. The highest BCUT2D eigenvalue weighted by atomic mass is 16.5. The van der Waals surface area contributed by atoms with Gasteiger partial charge in [-0.2, -0.15) is 0 Å². The summed E-state index contributed by atoms with van der Waals surface area (Å²) in [6.07, 6.45) is 1.07. The van der Waals surface area contributed by atoms with Crippen molar-refractivity contribution >= 4 is 11.9 Å². The number of carboxylic acids is 1. The molecule has 86 valence electrons. The van der Waals surface area contributed by atoms with Crippen LogP contribution < -0.4 is 5.32 Å². The molecule has 0 aromatic heterocycles. The van der Waals surface area contributed by atoms with E-state index in [1.807, 2.05) is 0 Å². The van der Waals surface area contributed by atoms with Crippen LogP contribution in [0.1, 0.15) is 26.7 Å². The van der Waals surface area contributed by atoms with E-state index in [9.17, 15) is 9.59 Å². The summed E-state index contributed by atoms with van der Waals surface area (Å²) in [7, 11) is 0. The van der Waals surface area contributed by atoms with Crippen molar-refractivity contribution in [3.63, 3.8) is 0 Å². The van der Waals surface area contributed by atoms with Gasteiger partial charge in [0, 0.05) is 6.61 Å². The molecule has 0 bridgehead atoms. The average Bonchev–Trinajstić information content (AvgIpc) is 2.65. The van der Waals surface area contributed by atoms with Crippen molar-refractivity contribution in [1.29, 1.82) is 0 Å². The molecule has 1 aliphatic rings. The van der Waals surface area contributed by atoms with Crippen LogP contribution in [0.3, 0.4) is 0 Å². The Morgan fingerprint density at radius 3 is 2.53 bits per heavy atom. The fourth-order valence-corrected chi connectivity index (χ4v) is 1.54. The molecule has 1 rings (SSSR count). The summed E-state index contributed by atoms with van der Waals surface area (Å²) >= 11 is 0. The lowest BCUT2D eigenvalue weighted by Gasteiger charge is -2.19. The number of aliphatic carboxylic acids is 1. The second-order valence-corrected chi connectivity index (χ2v) is 4.07. The molecule has 1 aliphatic heterocycles. The molecular weight excluding hydrogens is 198 g/mol. The molecule has 2 atom stereocenters. The molecule has 1 saturated heterocycles. The summed E-state index contributed by atoms with van der Waals surface area (Å²) in [5.41, 5.74) is 0. The minimum atomic E-state index is -1.00. The van der Waals surface area contributed by atoms with Gasteiger partial charge in [-0.1, -0.05) is 13.8 Å². The van der Waals surface area contributed by atoms with Gasteiger partial charge in [-0.25, -0.2) is 4.79 Å². The summed E-state index contributed by atoms with van der Waals surface area (Å²) in [6.45, 7) is 4.10. The molecule has 5 heteroatoms. The summed E-state index contributed by atoms with van der Waals surface area (Å²) < 4.78 is 5.17. The Kier molecular flexibility index (Phi) is 4.08. The lowest BCUT2D eigenvalue weighted by Crippen LogP contribution is -2.48. The third-order valence-electron chi connectivity index (χ3n) is 2.45. The molecule has 1 fully saturated rings. The highest BCUT2D eigenvalue weighted by Gasteiger charge is 2.29. The molecule has 0 spiro atoms. The third kappa shape index (κ3) is 3.20. The lowest BCUT2D eigenvalue weighted by molar-refractivity contribution is -0.144. The van der Waals surface area contributed by atoms with E-state index in [-0.39, 0.29) is 11.8 Å². The van der Waals surface area contributed by atoms with E-state index in [0.29, 0.717) is 13.0 Å². The molecule has 5 nitrogen and oxygen atoms in total. The first-order valence-corrected chi connectivity index (χ1v) is 5.17. The number of ether oxygens (including phenoxy) is 1. The van der Waals surface area contributed by atoms with Gasteiger partial charge in [0.1, 0.15) is 12.1 Å². The van der Waals surface area contributed by atoms with E-state index in [4.69, 9.17) is 9.84 Å². The van der Waals surface area contributed by atoms with Gasteiger partial charge in [0.25, 0.3) is 0 Å². The lowest BCUT2D eigenvalue weighted by atomic mass is 10.0. The van der Waals surface area contributed by atoms with Crippen molar-refractivity contribution in [1.82, 2.24) is 5.32 Å². The molecule has 0 aliphatic carbocycles. The Hall–Kier alpha value is -1.10. The fourth-order valence-electron chi connectivity index (χ4n) is 1.54. The minimum Gasteiger partial charge on any atom is -0.480 e. The van der Waals surface area contributed by atoms with Crippen molar-refractivity contribution in [3.05, 3.63) is 0 Å². The van der Waals surface area contributed by atoms with E-state index in [0.717, 1.165) is 6.42 Å². The van der Waals surface area contributed by atoms with Crippen LogP contribution >= 0.6 is 0 Å². The topological polar surface area (TPSA) is 75.6 Å². The molecule has 0 aromatic rings. The summed E-state index contributed by atoms with van der Waals surface area (Å²) in [6, 6.07) is -0.832. The van der Waals surface area contributed by atoms with Gasteiger partial charge in [-0.05, 0) is 18.8 Å². The van der Waals surface area contributed by atoms with Crippen molar-refractivity contribution < 1.29 is 19.4 Å². The first-order chi connectivity index (χ1) is 7.02. The maximum absolute atomic E-state index is 11.6. The van der Waals surface area contributed by atoms with Crippen LogP contribution in [0.5, 0.6) is 0 Å².